The molecule has 2 aromatic heterocycles. The minimum absolute atomic E-state index is 0.00968. The first-order valence-electron chi connectivity index (χ1n) is 9.30. The molecule has 0 amide bonds. The van der Waals surface area contributed by atoms with Crippen molar-refractivity contribution in [1.82, 2.24) is 19.7 Å². The van der Waals surface area contributed by atoms with E-state index in [9.17, 15) is 13.2 Å². The van der Waals surface area contributed by atoms with Crippen LogP contribution in [0.25, 0.3) is 0 Å². The summed E-state index contributed by atoms with van der Waals surface area (Å²) in [6.07, 6.45) is -1.46. The molecule has 3 aromatic rings. The van der Waals surface area contributed by atoms with Crippen LogP contribution in [0.4, 0.5) is 18.9 Å². The molecule has 0 radical (unpaired) electrons. The van der Waals surface area contributed by atoms with E-state index in [0.29, 0.717) is 18.9 Å². The molecule has 3 heterocycles. The zero-order chi connectivity index (χ0) is 21.3. The number of anilines is 1. The summed E-state index contributed by atoms with van der Waals surface area (Å²) >= 11 is 3.05. The number of benzene rings is 1. The number of nitrogens with one attached hydrogen (secondary N) is 1. The fraction of sp³-hybridized carbons (Fsp3) is 0.350. The van der Waals surface area contributed by atoms with E-state index in [0.717, 1.165) is 17.5 Å². The van der Waals surface area contributed by atoms with E-state index in [4.69, 9.17) is 4.74 Å². The number of nitrogens with zero attached hydrogens (tertiary/aromatic N) is 4. The highest BCUT2D eigenvalue weighted by atomic mass is 79.9. The third kappa shape index (κ3) is 4.34. The van der Waals surface area contributed by atoms with Crippen molar-refractivity contribution in [3.8, 4) is 0 Å². The van der Waals surface area contributed by atoms with E-state index in [-0.39, 0.29) is 28.5 Å². The fourth-order valence-corrected chi connectivity index (χ4v) is 3.87. The first kappa shape index (κ1) is 20.8. The highest BCUT2D eigenvalue weighted by Gasteiger charge is 2.35. The molecule has 1 aliphatic rings. The van der Waals surface area contributed by atoms with Crippen molar-refractivity contribution in [3.05, 3.63) is 70.0 Å². The van der Waals surface area contributed by atoms with Gasteiger partial charge in [-0.2, -0.15) is 13.2 Å². The first-order chi connectivity index (χ1) is 14.3. The van der Waals surface area contributed by atoms with E-state index < -0.39 is 11.7 Å². The van der Waals surface area contributed by atoms with Gasteiger partial charge in [0.25, 0.3) is 0 Å². The summed E-state index contributed by atoms with van der Waals surface area (Å²) in [5.74, 6) is 1.09. The number of aryl methyl sites for hydroxylation is 1. The summed E-state index contributed by atoms with van der Waals surface area (Å²) in [7, 11) is 1.89. The molecular formula is C20H19BrF3N5O. The van der Waals surface area contributed by atoms with Gasteiger partial charge in [0.1, 0.15) is 12.2 Å². The Labute approximate surface area is 179 Å². The normalized spacial score (nSPS) is 15.6. The molecule has 1 unspecified atom stereocenters. The minimum atomic E-state index is -4.48. The molecule has 0 aliphatic carbocycles. The maximum absolute atomic E-state index is 13.3. The molecular weight excluding hydrogens is 463 g/mol. The lowest BCUT2D eigenvalue weighted by molar-refractivity contribution is -0.138. The van der Waals surface area contributed by atoms with Crippen LogP contribution in [0.3, 0.4) is 0 Å². The number of alkyl halides is 3. The molecule has 1 aliphatic heterocycles. The Kier molecular flexibility index (Phi) is 5.79. The molecule has 0 bridgehead atoms. The van der Waals surface area contributed by atoms with Crippen molar-refractivity contribution in [2.75, 3.05) is 18.5 Å². The Morgan fingerprint density at radius 3 is 2.73 bits per heavy atom. The molecule has 0 spiro atoms. The molecule has 1 saturated heterocycles. The highest BCUT2D eigenvalue weighted by Crippen LogP contribution is 2.36. The second kappa shape index (κ2) is 8.35. The second-order valence-corrected chi connectivity index (χ2v) is 8.12. The monoisotopic (exact) mass is 481 g/mol. The van der Waals surface area contributed by atoms with Crippen molar-refractivity contribution < 1.29 is 17.9 Å². The van der Waals surface area contributed by atoms with E-state index in [2.05, 4.69) is 36.4 Å². The molecule has 1 fully saturated rings. The summed E-state index contributed by atoms with van der Waals surface area (Å²) < 4.78 is 47.6. The van der Waals surface area contributed by atoms with Gasteiger partial charge in [-0.1, -0.05) is 12.1 Å². The molecule has 1 N–H and O–H groups in total. The van der Waals surface area contributed by atoms with Crippen molar-refractivity contribution in [1.29, 1.82) is 0 Å². The third-order valence-corrected chi connectivity index (χ3v) is 5.54. The Bertz CT molecular complexity index is 1040. The van der Waals surface area contributed by atoms with Gasteiger partial charge in [0, 0.05) is 29.3 Å². The summed E-state index contributed by atoms with van der Waals surface area (Å²) in [6.45, 7) is 1.21. The fourth-order valence-electron chi connectivity index (χ4n) is 3.53. The van der Waals surface area contributed by atoms with Crippen LogP contribution in [0.2, 0.25) is 0 Å². The summed E-state index contributed by atoms with van der Waals surface area (Å²) in [5.41, 5.74) is 0.888. The quantitative estimate of drug-likeness (QED) is 0.565. The smallest absolute Gasteiger partial charge is 0.381 e. The Morgan fingerprint density at radius 1 is 1.30 bits per heavy atom. The molecule has 1 atom stereocenters. The molecule has 10 heteroatoms. The van der Waals surface area contributed by atoms with Gasteiger partial charge in [-0.05, 0) is 39.7 Å². The lowest BCUT2D eigenvalue weighted by Gasteiger charge is -2.33. The van der Waals surface area contributed by atoms with Crippen LogP contribution in [0.1, 0.15) is 28.6 Å². The van der Waals surface area contributed by atoms with Gasteiger partial charge in [0.15, 0.2) is 0 Å². The SMILES string of the molecule is Cn1cnnc1C(c1cccc(NCc2ncc(Br)cc2C(F)(F)F)c1)C1COC1. The topological polar surface area (TPSA) is 64.9 Å². The van der Waals surface area contributed by atoms with Gasteiger partial charge in [0.2, 0.25) is 0 Å². The van der Waals surface area contributed by atoms with Crippen LogP contribution in [0, 0.1) is 5.92 Å². The molecule has 4 rings (SSSR count). The molecule has 30 heavy (non-hydrogen) atoms. The largest absolute Gasteiger partial charge is 0.418 e. The summed E-state index contributed by atoms with van der Waals surface area (Å²) in [4.78, 5) is 3.95. The predicted molar refractivity (Wildman–Crippen MR) is 108 cm³/mol. The van der Waals surface area contributed by atoms with Gasteiger partial charge in [-0.25, -0.2) is 0 Å². The third-order valence-electron chi connectivity index (χ3n) is 5.11. The number of aromatic nitrogens is 4. The number of pyridine rings is 1. The number of hydrogen-bond acceptors (Lipinski definition) is 5. The van der Waals surface area contributed by atoms with Crippen molar-refractivity contribution >= 4 is 21.6 Å². The second-order valence-electron chi connectivity index (χ2n) is 7.20. The molecule has 158 valence electrons. The van der Waals surface area contributed by atoms with Crippen LogP contribution in [0.5, 0.6) is 0 Å². The number of ether oxygens (including phenoxy) is 1. The van der Waals surface area contributed by atoms with Gasteiger partial charge >= 0.3 is 6.18 Å². The van der Waals surface area contributed by atoms with E-state index in [1.807, 2.05) is 35.9 Å². The number of halogens is 4. The first-order valence-corrected chi connectivity index (χ1v) is 10.1. The number of hydrogen-bond donors (Lipinski definition) is 1. The van der Waals surface area contributed by atoms with Gasteiger partial charge < -0.3 is 14.6 Å². The number of rotatable bonds is 6. The van der Waals surface area contributed by atoms with Crippen LogP contribution >= 0.6 is 15.9 Å². The lowest BCUT2D eigenvalue weighted by Crippen LogP contribution is -2.34. The van der Waals surface area contributed by atoms with Crippen LogP contribution < -0.4 is 5.32 Å². The molecule has 1 aromatic carbocycles. The molecule has 0 saturated carbocycles. The standard InChI is InChI=1S/C20H19BrF3N5O/c1-29-11-27-28-19(29)18(13-9-30-10-13)12-3-2-4-15(5-12)25-8-17-16(20(22,23)24)6-14(21)7-26-17/h2-7,11,13,18,25H,8-10H2,1H3. The zero-order valence-electron chi connectivity index (χ0n) is 16.0. The van der Waals surface area contributed by atoms with Crippen LogP contribution in [0.15, 0.2) is 47.3 Å². The van der Waals surface area contributed by atoms with Gasteiger partial charge in [-0.15, -0.1) is 10.2 Å². The Morgan fingerprint density at radius 2 is 2.10 bits per heavy atom. The van der Waals surface area contributed by atoms with Crippen molar-refractivity contribution in [2.45, 2.75) is 18.6 Å². The maximum Gasteiger partial charge on any atom is 0.418 e. The lowest BCUT2D eigenvalue weighted by atomic mass is 9.84. The van der Waals surface area contributed by atoms with Crippen LogP contribution in [-0.4, -0.2) is 33.0 Å². The van der Waals surface area contributed by atoms with E-state index in [1.165, 1.54) is 6.20 Å². The average Bonchev–Trinajstić information content (AvgIpc) is 3.08. The Balaban J connectivity index is 1.58. The van der Waals surface area contributed by atoms with Gasteiger partial charge in [-0.3, -0.25) is 4.98 Å². The maximum atomic E-state index is 13.3. The van der Waals surface area contributed by atoms with Crippen molar-refractivity contribution in [3.63, 3.8) is 0 Å². The van der Waals surface area contributed by atoms with Crippen LogP contribution in [-0.2, 0) is 24.5 Å². The van der Waals surface area contributed by atoms with E-state index in [1.54, 1.807) is 6.33 Å². The summed E-state index contributed by atoms with van der Waals surface area (Å²) in [5, 5.41) is 11.3. The summed E-state index contributed by atoms with van der Waals surface area (Å²) in [6, 6.07) is 8.66. The van der Waals surface area contributed by atoms with Gasteiger partial charge in [0.05, 0.1) is 36.9 Å². The molecule has 6 nitrogen and oxygen atoms in total. The zero-order valence-corrected chi connectivity index (χ0v) is 17.6. The van der Waals surface area contributed by atoms with E-state index >= 15 is 0 Å². The predicted octanol–water partition coefficient (Wildman–Crippen LogP) is 4.38. The Hall–Kier alpha value is -2.46. The van der Waals surface area contributed by atoms with Crippen molar-refractivity contribution in [2.24, 2.45) is 13.0 Å². The highest BCUT2D eigenvalue weighted by molar-refractivity contribution is 9.10. The minimum Gasteiger partial charge on any atom is -0.381 e. The average molecular weight is 482 g/mol.